The molecule has 1 aliphatic rings. The zero-order valence-corrected chi connectivity index (χ0v) is 10.1. The van der Waals surface area contributed by atoms with Crippen LogP contribution in [0.4, 0.5) is 10.5 Å². The van der Waals surface area contributed by atoms with Gasteiger partial charge in [-0.1, -0.05) is 48.5 Å². The third-order valence-corrected chi connectivity index (χ3v) is 2.91. The number of urea groups is 1. The Morgan fingerprint density at radius 1 is 0.895 bits per heavy atom. The number of hydrogen-bond donors (Lipinski definition) is 1. The van der Waals surface area contributed by atoms with Crippen molar-refractivity contribution >= 4 is 23.3 Å². The molecule has 4 nitrogen and oxygen atoms in total. The minimum atomic E-state index is -0.421. The van der Waals surface area contributed by atoms with Gasteiger partial charge in [0, 0.05) is 5.56 Å². The second-order valence-corrected chi connectivity index (χ2v) is 4.13. The second kappa shape index (κ2) is 4.49. The van der Waals surface area contributed by atoms with E-state index in [1.165, 1.54) is 4.90 Å². The van der Waals surface area contributed by atoms with Crippen LogP contribution in [0.1, 0.15) is 5.56 Å². The molecule has 0 saturated heterocycles. The Morgan fingerprint density at radius 3 is 2.11 bits per heavy atom. The molecule has 0 saturated carbocycles. The average Bonchev–Trinajstić information content (AvgIpc) is 2.76. The van der Waals surface area contributed by atoms with E-state index < -0.39 is 6.03 Å². The molecule has 19 heavy (non-hydrogen) atoms. The minimum Gasteiger partial charge on any atom is -0.282 e. The van der Waals surface area contributed by atoms with Gasteiger partial charge in [-0.2, -0.15) is 4.99 Å². The van der Waals surface area contributed by atoms with Crippen molar-refractivity contribution in [2.45, 2.75) is 0 Å². The van der Waals surface area contributed by atoms with Crippen molar-refractivity contribution in [2.75, 3.05) is 4.90 Å². The lowest BCUT2D eigenvalue weighted by molar-refractivity contribution is 0.257. The largest absolute Gasteiger partial charge is 0.354 e. The van der Waals surface area contributed by atoms with E-state index in [0.29, 0.717) is 11.4 Å². The lowest BCUT2D eigenvalue weighted by atomic mass is 10.1. The first-order valence-electron chi connectivity index (χ1n) is 5.89. The Bertz CT molecular complexity index is 662. The Balaban J connectivity index is 1.99. The summed E-state index contributed by atoms with van der Waals surface area (Å²) in [7, 11) is 0. The summed E-state index contributed by atoms with van der Waals surface area (Å²) in [6.45, 7) is 0. The molecular weight excluding hydrogens is 238 g/mol. The van der Waals surface area contributed by atoms with E-state index in [4.69, 9.17) is 5.41 Å². The average molecular weight is 249 g/mol. The maximum atomic E-state index is 12.0. The molecule has 0 radical (unpaired) electrons. The topological polar surface area (TPSA) is 56.5 Å². The van der Waals surface area contributed by atoms with Gasteiger partial charge in [0.2, 0.25) is 0 Å². The van der Waals surface area contributed by atoms with Gasteiger partial charge in [0.15, 0.2) is 5.84 Å². The van der Waals surface area contributed by atoms with E-state index in [0.717, 1.165) is 5.56 Å². The normalized spacial score (nSPS) is 14.7. The van der Waals surface area contributed by atoms with Gasteiger partial charge in [0.05, 0.1) is 5.69 Å². The Hall–Kier alpha value is -2.75. The summed E-state index contributed by atoms with van der Waals surface area (Å²) in [6, 6.07) is 18.0. The van der Waals surface area contributed by atoms with Crippen LogP contribution in [-0.4, -0.2) is 17.6 Å². The van der Waals surface area contributed by atoms with Crippen molar-refractivity contribution in [3.63, 3.8) is 0 Å². The van der Waals surface area contributed by atoms with Crippen molar-refractivity contribution < 1.29 is 4.79 Å². The number of nitrogens with zero attached hydrogens (tertiary/aromatic N) is 2. The number of carbonyl (C=O) groups is 1. The van der Waals surface area contributed by atoms with Crippen LogP contribution < -0.4 is 4.90 Å². The molecule has 0 fully saturated rings. The Morgan fingerprint density at radius 2 is 1.47 bits per heavy atom. The molecule has 1 N–H and O–H groups in total. The first kappa shape index (κ1) is 11.3. The fourth-order valence-corrected chi connectivity index (χ4v) is 2.01. The van der Waals surface area contributed by atoms with Gasteiger partial charge in [-0.3, -0.25) is 5.41 Å². The summed E-state index contributed by atoms with van der Waals surface area (Å²) in [5, 5.41) is 8.14. The molecule has 1 aliphatic heterocycles. The molecule has 3 rings (SSSR count). The first-order chi connectivity index (χ1) is 9.27. The molecule has 0 aliphatic carbocycles. The van der Waals surface area contributed by atoms with Gasteiger partial charge in [-0.25, -0.2) is 9.69 Å². The molecule has 0 spiro atoms. The van der Waals surface area contributed by atoms with Crippen molar-refractivity contribution in [2.24, 2.45) is 4.99 Å². The zero-order valence-electron chi connectivity index (χ0n) is 10.1. The molecule has 0 unspecified atom stereocenters. The van der Waals surface area contributed by atoms with Crippen molar-refractivity contribution in [3.8, 4) is 0 Å². The highest BCUT2D eigenvalue weighted by Crippen LogP contribution is 2.21. The summed E-state index contributed by atoms with van der Waals surface area (Å²) in [5.74, 6) is 0.113. The lowest BCUT2D eigenvalue weighted by Gasteiger charge is -2.15. The number of anilines is 1. The van der Waals surface area contributed by atoms with Crippen LogP contribution >= 0.6 is 0 Å². The van der Waals surface area contributed by atoms with Crippen LogP contribution in [0.5, 0.6) is 0 Å². The van der Waals surface area contributed by atoms with Crippen molar-refractivity contribution in [1.82, 2.24) is 0 Å². The van der Waals surface area contributed by atoms with Crippen LogP contribution in [0.25, 0.3) is 0 Å². The van der Waals surface area contributed by atoms with Crippen LogP contribution in [0.2, 0.25) is 0 Å². The molecule has 0 atom stereocenters. The maximum absolute atomic E-state index is 12.0. The lowest BCUT2D eigenvalue weighted by Crippen LogP contribution is -2.32. The molecular formula is C15H11N3O. The number of rotatable bonds is 2. The highest BCUT2D eigenvalue weighted by molar-refractivity contribution is 6.59. The van der Waals surface area contributed by atoms with Gasteiger partial charge < -0.3 is 0 Å². The fourth-order valence-electron chi connectivity index (χ4n) is 2.01. The molecule has 2 aromatic rings. The van der Waals surface area contributed by atoms with Crippen molar-refractivity contribution in [3.05, 3.63) is 66.2 Å². The van der Waals surface area contributed by atoms with Gasteiger partial charge in [0.25, 0.3) is 0 Å². The Kier molecular flexibility index (Phi) is 2.68. The van der Waals surface area contributed by atoms with Gasteiger partial charge >= 0.3 is 6.03 Å². The smallest absolute Gasteiger partial charge is 0.282 e. The van der Waals surface area contributed by atoms with Crippen LogP contribution in [0.15, 0.2) is 65.7 Å². The highest BCUT2D eigenvalue weighted by Gasteiger charge is 2.31. The molecule has 1 heterocycles. The van der Waals surface area contributed by atoms with Crippen LogP contribution in [-0.2, 0) is 0 Å². The monoisotopic (exact) mass is 249 g/mol. The van der Waals surface area contributed by atoms with E-state index in [-0.39, 0.29) is 5.84 Å². The van der Waals surface area contributed by atoms with Gasteiger partial charge in [-0.15, -0.1) is 0 Å². The summed E-state index contributed by atoms with van der Waals surface area (Å²) >= 11 is 0. The number of benzene rings is 2. The molecule has 2 amide bonds. The molecule has 92 valence electrons. The maximum Gasteiger partial charge on any atom is 0.354 e. The number of carbonyl (C=O) groups excluding carboxylic acids is 1. The molecule has 0 aromatic heterocycles. The predicted molar refractivity (Wildman–Crippen MR) is 75.0 cm³/mol. The fraction of sp³-hybridized carbons (Fsp3) is 0. The predicted octanol–water partition coefficient (Wildman–Crippen LogP) is 3.09. The van der Waals surface area contributed by atoms with E-state index in [1.54, 1.807) is 12.1 Å². The summed E-state index contributed by atoms with van der Waals surface area (Å²) < 4.78 is 0. The van der Waals surface area contributed by atoms with Gasteiger partial charge in [0.1, 0.15) is 5.71 Å². The third-order valence-electron chi connectivity index (χ3n) is 2.91. The van der Waals surface area contributed by atoms with E-state index in [9.17, 15) is 4.79 Å². The highest BCUT2D eigenvalue weighted by atomic mass is 16.2. The molecule has 0 bridgehead atoms. The summed E-state index contributed by atoms with van der Waals surface area (Å²) in [4.78, 5) is 17.3. The number of hydrogen-bond acceptors (Lipinski definition) is 2. The van der Waals surface area contributed by atoms with Crippen molar-refractivity contribution in [1.29, 1.82) is 5.41 Å². The SMILES string of the molecule is N=C1C(c2ccccc2)=NC(=O)N1c1ccccc1. The Labute approximate surface area is 110 Å². The second-order valence-electron chi connectivity index (χ2n) is 4.13. The number of amidine groups is 1. The van der Waals surface area contributed by atoms with E-state index in [2.05, 4.69) is 4.99 Å². The number of aliphatic imine (C=N–C) groups is 1. The first-order valence-corrected chi connectivity index (χ1v) is 5.89. The third kappa shape index (κ3) is 1.93. The molecule has 2 aromatic carbocycles. The van der Waals surface area contributed by atoms with Gasteiger partial charge in [-0.05, 0) is 12.1 Å². The van der Waals surface area contributed by atoms with Crippen LogP contribution in [0.3, 0.4) is 0 Å². The van der Waals surface area contributed by atoms with E-state index in [1.807, 2.05) is 48.5 Å². The number of nitrogens with one attached hydrogen (secondary N) is 1. The zero-order chi connectivity index (χ0) is 13.2. The van der Waals surface area contributed by atoms with Crippen LogP contribution in [0, 0.1) is 5.41 Å². The standard InChI is InChI=1S/C15H11N3O/c16-14-13(11-7-3-1-4-8-11)17-15(19)18(14)12-9-5-2-6-10-12/h1-10,16H. The minimum absolute atomic E-state index is 0.113. The number of para-hydroxylation sites is 1. The quantitative estimate of drug-likeness (QED) is 0.873. The van der Waals surface area contributed by atoms with E-state index >= 15 is 0 Å². The molecule has 4 heteroatoms. The number of amides is 2. The summed E-state index contributed by atoms with van der Waals surface area (Å²) in [5.41, 5.74) is 1.85. The summed E-state index contributed by atoms with van der Waals surface area (Å²) in [6.07, 6.45) is 0.